The Bertz CT molecular complexity index is 1190. The first-order valence-corrected chi connectivity index (χ1v) is 11.9. The van der Waals surface area contributed by atoms with Crippen LogP contribution in [0.1, 0.15) is 25.7 Å². The van der Waals surface area contributed by atoms with E-state index in [1.54, 1.807) is 18.3 Å². The minimum absolute atomic E-state index is 0.342. The number of hydrogen-bond acceptors (Lipinski definition) is 6. The van der Waals surface area contributed by atoms with Gasteiger partial charge in [-0.3, -0.25) is 4.40 Å². The van der Waals surface area contributed by atoms with Crippen molar-refractivity contribution in [2.75, 3.05) is 18.4 Å². The van der Waals surface area contributed by atoms with E-state index in [4.69, 9.17) is 0 Å². The molecule has 0 radical (unpaired) electrons. The van der Waals surface area contributed by atoms with E-state index < -0.39 is 10.0 Å². The third-order valence-corrected chi connectivity index (χ3v) is 7.02. The Morgan fingerprint density at radius 3 is 2.66 bits per heavy atom. The van der Waals surface area contributed by atoms with Crippen molar-refractivity contribution in [3.8, 4) is 0 Å². The molecule has 2 N–H and O–H groups in total. The van der Waals surface area contributed by atoms with Gasteiger partial charge in [0, 0.05) is 42.4 Å². The van der Waals surface area contributed by atoms with E-state index in [9.17, 15) is 8.42 Å². The first-order valence-electron chi connectivity index (χ1n) is 9.65. The van der Waals surface area contributed by atoms with Crippen molar-refractivity contribution in [1.29, 1.82) is 0 Å². The van der Waals surface area contributed by atoms with Crippen molar-refractivity contribution in [3.63, 3.8) is 0 Å². The normalized spacial score (nSPS) is 12.0. The van der Waals surface area contributed by atoms with Crippen molar-refractivity contribution < 1.29 is 8.42 Å². The van der Waals surface area contributed by atoms with Crippen molar-refractivity contribution in [2.24, 2.45) is 0 Å². The molecule has 0 aliphatic heterocycles. The van der Waals surface area contributed by atoms with Crippen molar-refractivity contribution >= 4 is 43.2 Å². The summed E-state index contributed by atoms with van der Waals surface area (Å²) >= 11 is 1.37. The average molecular weight is 430 g/mol. The van der Waals surface area contributed by atoms with E-state index >= 15 is 0 Å². The van der Waals surface area contributed by atoms with Crippen LogP contribution in [0.15, 0.2) is 59.8 Å². The molecule has 0 aliphatic carbocycles. The van der Waals surface area contributed by atoms with Gasteiger partial charge in [0.1, 0.15) is 0 Å². The van der Waals surface area contributed by atoms with Crippen LogP contribution in [0.4, 0.5) is 5.95 Å². The summed E-state index contributed by atoms with van der Waals surface area (Å²) in [5.74, 6) is 0.824. The van der Waals surface area contributed by atoms with Crippen LogP contribution in [-0.2, 0) is 10.0 Å². The fourth-order valence-electron chi connectivity index (χ4n) is 3.28. The fraction of sp³-hybridized carbons (Fsp3) is 0.300. The number of nitrogens with one attached hydrogen (secondary N) is 2. The van der Waals surface area contributed by atoms with Gasteiger partial charge in [0.25, 0.3) is 0 Å². The van der Waals surface area contributed by atoms with Gasteiger partial charge < -0.3 is 5.32 Å². The van der Waals surface area contributed by atoms with Crippen LogP contribution in [0.5, 0.6) is 0 Å². The molecular weight excluding hydrogens is 406 g/mol. The maximum atomic E-state index is 12.7. The Kier molecular flexibility index (Phi) is 6.08. The zero-order valence-corrected chi connectivity index (χ0v) is 17.5. The molecular formula is C20H23N5O2S2. The summed E-state index contributed by atoms with van der Waals surface area (Å²) in [5, 5.41) is 5.00. The van der Waals surface area contributed by atoms with Gasteiger partial charge in [0.15, 0.2) is 0 Å². The van der Waals surface area contributed by atoms with Gasteiger partial charge in [-0.05, 0) is 24.3 Å². The highest BCUT2D eigenvalue weighted by Gasteiger charge is 2.16. The van der Waals surface area contributed by atoms with Crippen LogP contribution < -0.4 is 10.0 Å². The molecule has 0 amide bonds. The molecule has 2 aromatic heterocycles. The Hall–Kier alpha value is -2.49. The van der Waals surface area contributed by atoms with Crippen LogP contribution >= 0.6 is 11.5 Å². The van der Waals surface area contributed by atoms with Crippen molar-refractivity contribution in [1.82, 2.24) is 18.5 Å². The maximum Gasteiger partial charge on any atom is 0.241 e. The number of benzene rings is 2. The lowest BCUT2D eigenvalue weighted by Crippen LogP contribution is -2.25. The van der Waals surface area contributed by atoms with Gasteiger partial charge in [-0.1, -0.05) is 49.2 Å². The molecule has 0 unspecified atom stereocenters. The number of aromatic nitrogens is 3. The molecule has 0 aliphatic rings. The third-order valence-electron chi connectivity index (χ3n) is 4.77. The van der Waals surface area contributed by atoms with E-state index in [1.807, 2.05) is 40.9 Å². The van der Waals surface area contributed by atoms with Crippen LogP contribution in [0.3, 0.4) is 0 Å². The third kappa shape index (κ3) is 4.58. The Balaban J connectivity index is 1.19. The van der Waals surface area contributed by atoms with Crippen molar-refractivity contribution in [3.05, 3.63) is 54.9 Å². The van der Waals surface area contributed by atoms with E-state index in [2.05, 4.69) is 19.4 Å². The highest BCUT2D eigenvalue weighted by atomic mass is 32.2. The summed E-state index contributed by atoms with van der Waals surface area (Å²) < 4.78 is 34.3. The van der Waals surface area contributed by atoms with E-state index in [0.717, 1.165) is 53.9 Å². The summed E-state index contributed by atoms with van der Waals surface area (Å²) in [4.78, 5) is 5.42. The standard InChI is InChI=1S/C20H23N5O2S2/c26-29(27,18-11-7-9-16-8-3-4-10-17(16)18)23-13-6-2-1-5-12-21-19-24-28-20-22-14-15-25(19)20/h3-4,7-11,14-15,23H,1-2,5-6,12-13H2,(H,21,24). The number of sulfonamides is 1. The maximum absolute atomic E-state index is 12.7. The molecule has 0 atom stereocenters. The van der Waals surface area contributed by atoms with Crippen LogP contribution in [0.2, 0.25) is 0 Å². The summed E-state index contributed by atoms with van der Waals surface area (Å²) in [6.45, 7) is 1.28. The highest BCUT2D eigenvalue weighted by molar-refractivity contribution is 7.89. The molecule has 29 heavy (non-hydrogen) atoms. The van der Waals surface area contributed by atoms with E-state index in [-0.39, 0.29) is 0 Å². The minimum Gasteiger partial charge on any atom is -0.355 e. The molecule has 2 heterocycles. The summed E-state index contributed by atoms with van der Waals surface area (Å²) in [6.07, 6.45) is 7.47. The molecule has 9 heteroatoms. The Labute approximate surface area is 174 Å². The van der Waals surface area contributed by atoms with Gasteiger partial charge in [-0.15, -0.1) is 0 Å². The van der Waals surface area contributed by atoms with Gasteiger partial charge in [0.2, 0.25) is 20.9 Å². The molecule has 152 valence electrons. The van der Waals surface area contributed by atoms with Crippen LogP contribution in [-0.4, -0.2) is 35.3 Å². The van der Waals surface area contributed by atoms with E-state index in [0.29, 0.717) is 11.4 Å². The predicted molar refractivity (Wildman–Crippen MR) is 117 cm³/mol. The Morgan fingerprint density at radius 1 is 0.966 bits per heavy atom. The number of imidazole rings is 1. The molecule has 0 bridgehead atoms. The minimum atomic E-state index is -3.51. The van der Waals surface area contributed by atoms with Gasteiger partial charge in [-0.2, -0.15) is 4.37 Å². The van der Waals surface area contributed by atoms with Gasteiger partial charge in [-0.25, -0.2) is 18.1 Å². The van der Waals surface area contributed by atoms with Crippen LogP contribution in [0, 0.1) is 0 Å². The fourth-order valence-corrected chi connectivity index (χ4v) is 5.25. The van der Waals surface area contributed by atoms with Crippen molar-refractivity contribution in [2.45, 2.75) is 30.6 Å². The second kappa shape index (κ2) is 8.89. The molecule has 7 nitrogen and oxygen atoms in total. The van der Waals surface area contributed by atoms with E-state index in [1.165, 1.54) is 11.5 Å². The molecule has 0 saturated heterocycles. The lowest BCUT2D eigenvalue weighted by molar-refractivity contribution is 0.573. The number of unbranched alkanes of at least 4 members (excludes halogenated alkanes) is 3. The molecule has 4 aromatic rings. The highest BCUT2D eigenvalue weighted by Crippen LogP contribution is 2.22. The van der Waals surface area contributed by atoms with Gasteiger partial charge >= 0.3 is 0 Å². The number of hydrogen-bond donors (Lipinski definition) is 2. The summed E-state index contributed by atoms with van der Waals surface area (Å²) in [5.41, 5.74) is 0. The first-order chi connectivity index (χ1) is 14.1. The average Bonchev–Trinajstić information content (AvgIpc) is 3.34. The predicted octanol–water partition coefficient (Wildman–Crippen LogP) is 3.89. The number of anilines is 1. The number of rotatable bonds is 10. The number of nitrogens with zero attached hydrogens (tertiary/aromatic N) is 3. The Morgan fingerprint density at radius 2 is 1.76 bits per heavy atom. The van der Waals surface area contributed by atoms with Crippen LogP contribution in [0.25, 0.3) is 15.7 Å². The topological polar surface area (TPSA) is 88.4 Å². The largest absolute Gasteiger partial charge is 0.355 e. The molecule has 0 fully saturated rings. The molecule has 0 saturated carbocycles. The smallest absolute Gasteiger partial charge is 0.241 e. The summed E-state index contributed by atoms with van der Waals surface area (Å²) in [7, 11) is -3.51. The quantitative estimate of drug-likeness (QED) is 0.373. The lowest BCUT2D eigenvalue weighted by Gasteiger charge is -2.09. The monoisotopic (exact) mass is 429 g/mol. The zero-order chi connectivity index (χ0) is 20.1. The lowest BCUT2D eigenvalue weighted by atomic mass is 10.1. The van der Waals surface area contributed by atoms with Gasteiger partial charge in [0.05, 0.1) is 4.90 Å². The zero-order valence-electron chi connectivity index (χ0n) is 15.9. The molecule has 2 aromatic carbocycles. The molecule has 0 spiro atoms. The second-order valence-electron chi connectivity index (χ2n) is 6.80. The first kappa shape index (κ1) is 19.8. The summed E-state index contributed by atoms with van der Waals surface area (Å²) in [6, 6.07) is 12.9. The molecule has 4 rings (SSSR count). The second-order valence-corrected chi connectivity index (χ2v) is 9.27. The number of fused-ring (bicyclic) bond motifs is 2. The SMILES string of the molecule is O=S(=O)(NCCCCCCNc1nsc2nccn12)c1cccc2ccccc12.